The average molecular weight is 426 g/mol. The van der Waals surface area contributed by atoms with Crippen molar-refractivity contribution in [2.75, 3.05) is 6.54 Å². The van der Waals surface area contributed by atoms with Crippen molar-refractivity contribution in [3.63, 3.8) is 0 Å². The molecule has 0 aliphatic heterocycles. The molecule has 0 aliphatic rings. The number of pyridine rings is 2. The molecule has 4 aromatic rings. The minimum absolute atomic E-state index is 0.230. The highest BCUT2D eigenvalue weighted by molar-refractivity contribution is 6.29. The van der Waals surface area contributed by atoms with Crippen LogP contribution >= 0.6 is 11.6 Å². The minimum Gasteiger partial charge on any atom is -0.350 e. The summed E-state index contributed by atoms with van der Waals surface area (Å²) < 4.78 is 16.3. The van der Waals surface area contributed by atoms with Crippen molar-refractivity contribution in [3.05, 3.63) is 93.5 Å². The number of benzene rings is 1. The number of rotatable bonds is 6. The zero-order valence-corrected chi connectivity index (χ0v) is 16.5. The van der Waals surface area contributed by atoms with Gasteiger partial charge in [0.2, 0.25) is 0 Å². The molecule has 0 atom stereocenters. The number of nitrogens with zero attached hydrogens (tertiary/aromatic N) is 4. The normalized spacial score (nSPS) is 11.0. The number of halogens is 2. The van der Waals surface area contributed by atoms with E-state index in [1.165, 1.54) is 29.0 Å². The van der Waals surface area contributed by atoms with Crippen LogP contribution in [0.2, 0.25) is 5.15 Å². The molecular weight excluding hydrogens is 409 g/mol. The van der Waals surface area contributed by atoms with E-state index in [2.05, 4.69) is 15.3 Å². The van der Waals surface area contributed by atoms with E-state index in [-0.39, 0.29) is 37.0 Å². The van der Waals surface area contributed by atoms with Crippen molar-refractivity contribution in [1.82, 2.24) is 24.4 Å². The van der Waals surface area contributed by atoms with Crippen molar-refractivity contribution in [1.29, 1.82) is 0 Å². The van der Waals surface area contributed by atoms with Crippen LogP contribution in [0.1, 0.15) is 15.9 Å². The number of imidazole rings is 1. The van der Waals surface area contributed by atoms with Crippen LogP contribution in [-0.2, 0) is 13.1 Å². The van der Waals surface area contributed by atoms with Crippen molar-refractivity contribution < 1.29 is 9.18 Å². The van der Waals surface area contributed by atoms with Crippen molar-refractivity contribution >= 4 is 28.7 Å². The van der Waals surface area contributed by atoms with Crippen molar-refractivity contribution in [2.24, 2.45) is 0 Å². The van der Waals surface area contributed by atoms with E-state index in [9.17, 15) is 14.0 Å². The Labute approximate surface area is 175 Å². The highest BCUT2D eigenvalue weighted by Gasteiger charge is 2.15. The molecule has 152 valence electrons. The van der Waals surface area contributed by atoms with Crippen LogP contribution in [0.3, 0.4) is 0 Å². The molecule has 1 N–H and O–H groups in total. The first kappa shape index (κ1) is 19.8. The number of carbonyl (C=O) groups excluding carboxylic acids is 1. The van der Waals surface area contributed by atoms with Gasteiger partial charge in [0.25, 0.3) is 5.91 Å². The van der Waals surface area contributed by atoms with Crippen LogP contribution < -0.4 is 11.0 Å². The molecule has 3 aromatic heterocycles. The van der Waals surface area contributed by atoms with Crippen LogP contribution in [0.4, 0.5) is 4.39 Å². The molecule has 0 radical (unpaired) electrons. The molecular formula is C21H17ClFN5O2. The summed E-state index contributed by atoms with van der Waals surface area (Å²) in [5.41, 5.74) is 2.11. The molecule has 0 fully saturated rings. The lowest BCUT2D eigenvalue weighted by Gasteiger charge is -2.06. The maximum atomic E-state index is 13.2. The van der Waals surface area contributed by atoms with Gasteiger partial charge in [-0.2, -0.15) is 0 Å². The van der Waals surface area contributed by atoms with Crippen LogP contribution in [0.5, 0.6) is 0 Å². The van der Waals surface area contributed by atoms with Gasteiger partial charge in [-0.05, 0) is 42.0 Å². The summed E-state index contributed by atoms with van der Waals surface area (Å²) >= 11 is 5.73. The summed E-state index contributed by atoms with van der Waals surface area (Å²) in [5, 5.41) is 3.07. The molecule has 0 aliphatic carbocycles. The Kier molecular flexibility index (Phi) is 5.58. The van der Waals surface area contributed by atoms with E-state index >= 15 is 0 Å². The van der Waals surface area contributed by atoms with Gasteiger partial charge in [-0.3, -0.25) is 13.9 Å². The predicted octanol–water partition coefficient (Wildman–Crippen LogP) is 2.86. The Morgan fingerprint density at radius 2 is 1.87 bits per heavy atom. The summed E-state index contributed by atoms with van der Waals surface area (Å²) in [7, 11) is 0. The van der Waals surface area contributed by atoms with Gasteiger partial charge in [0.15, 0.2) is 5.65 Å². The molecule has 0 saturated heterocycles. The molecule has 30 heavy (non-hydrogen) atoms. The number of amides is 1. The molecule has 7 nitrogen and oxygen atoms in total. The third kappa shape index (κ3) is 4.08. The van der Waals surface area contributed by atoms with Gasteiger partial charge in [-0.15, -0.1) is 0 Å². The quantitative estimate of drug-likeness (QED) is 0.481. The van der Waals surface area contributed by atoms with E-state index in [1.54, 1.807) is 35.0 Å². The lowest BCUT2D eigenvalue weighted by molar-refractivity contribution is 0.0952. The van der Waals surface area contributed by atoms with E-state index in [4.69, 9.17) is 11.6 Å². The van der Waals surface area contributed by atoms with Gasteiger partial charge in [0.05, 0.1) is 17.6 Å². The van der Waals surface area contributed by atoms with Crippen molar-refractivity contribution in [2.45, 2.75) is 13.1 Å². The molecule has 0 saturated carbocycles. The maximum absolute atomic E-state index is 13.2. The lowest BCUT2D eigenvalue weighted by atomic mass is 10.2. The number of hydrogen-bond acceptors (Lipinski definition) is 4. The Bertz CT molecular complexity index is 1250. The van der Waals surface area contributed by atoms with Gasteiger partial charge in [0, 0.05) is 25.5 Å². The highest BCUT2D eigenvalue weighted by atomic mass is 35.5. The Morgan fingerprint density at radius 1 is 1.07 bits per heavy atom. The fourth-order valence-corrected chi connectivity index (χ4v) is 3.28. The smallest absolute Gasteiger partial charge is 0.330 e. The van der Waals surface area contributed by atoms with Gasteiger partial charge in [-0.1, -0.05) is 23.7 Å². The highest BCUT2D eigenvalue weighted by Crippen LogP contribution is 2.13. The number of fused-ring (bicyclic) bond motifs is 1. The molecule has 0 bridgehead atoms. The summed E-state index contributed by atoms with van der Waals surface area (Å²) in [6.07, 6.45) is 3.00. The summed E-state index contributed by atoms with van der Waals surface area (Å²) in [6.45, 7) is 0.764. The second kappa shape index (κ2) is 8.46. The Hall–Kier alpha value is -3.52. The fraction of sp³-hybridized carbons (Fsp3) is 0.143. The summed E-state index contributed by atoms with van der Waals surface area (Å²) in [4.78, 5) is 33.5. The van der Waals surface area contributed by atoms with Gasteiger partial charge >= 0.3 is 5.69 Å². The molecule has 1 amide bonds. The second-order valence-electron chi connectivity index (χ2n) is 6.62. The van der Waals surface area contributed by atoms with E-state index in [1.807, 2.05) is 6.07 Å². The predicted molar refractivity (Wildman–Crippen MR) is 111 cm³/mol. The first-order chi connectivity index (χ1) is 14.5. The second-order valence-corrected chi connectivity index (χ2v) is 7.01. The van der Waals surface area contributed by atoms with Gasteiger partial charge in [-0.25, -0.2) is 19.2 Å². The van der Waals surface area contributed by atoms with E-state index in [0.717, 1.165) is 5.56 Å². The summed E-state index contributed by atoms with van der Waals surface area (Å²) in [6, 6.07) is 12.7. The maximum Gasteiger partial charge on any atom is 0.330 e. The molecule has 4 rings (SSSR count). The SMILES string of the molecule is O=C(NCCn1c(=O)n(Cc2ccc(F)cc2)c2cccnc21)c1ccc(Cl)nc1. The molecule has 0 unspecified atom stereocenters. The summed E-state index contributed by atoms with van der Waals surface area (Å²) in [5.74, 6) is -0.642. The monoisotopic (exact) mass is 425 g/mol. The number of nitrogens with one attached hydrogen (secondary N) is 1. The molecule has 0 spiro atoms. The van der Waals surface area contributed by atoms with Crippen molar-refractivity contribution in [3.8, 4) is 0 Å². The number of aromatic nitrogens is 4. The van der Waals surface area contributed by atoms with Gasteiger partial charge in [0.1, 0.15) is 11.0 Å². The van der Waals surface area contributed by atoms with Crippen LogP contribution in [0.15, 0.2) is 65.7 Å². The Morgan fingerprint density at radius 3 is 2.60 bits per heavy atom. The molecule has 1 aromatic carbocycles. The topological polar surface area (TPSA) is 81.8 Å². The Balaban J connectivity index is 1.54. The largest absolute Gasteiger partial charge is 0.350 e. The average Bonchev–Trinajstić information content (AvgIpc) is 3.01. The number of carbonyl (C=O) groups is 1. The zero-order chi connectivity index (χ0) is 21.1. The van der Waals surface area contributed by atoms with Crippen LogP contribution in [0.25, 0.3) is 11.2 Å². The standard InChI is InChI=1S/C21H17ClFN5O2/c22-18-8-5-15(12-26-18)20(29)25-10-11-27-19-17(2-1-9-24-19)28(21(27)30)13-14-3-6-16(23)7-4-14/h1-9,12H,10-11,13H2,(H,25,29). The number of hydrogen-bond donors (Lipinski definition) is 1. The molecule has 3 heterocycles. The molecule has 9 heteroatoms. The van der Waals surface area contributed by atoms with Gasteiger partial charge < -0.3 is 5.32 Å². The van der Waals surface area contributed by atoms with E-state index in [0.29, 0.717) is 21.9 Å². The third-order valence-electron chi connectivity index (χ3n) is 4.64. The fourth-order valence-electron chi connectivity index (χ4n) is 3.17. The van der Waals surface area contributed by atoms with E-state index < -0.39 is 0 Å². The minimum atomic E-state index is -0.332. The first-order valence-electron chi connectivity index (χ1n) is 9.21. The van der Waals surface area contributed by atoms with Crippen LogP contribution in [-0.4, -0.2) is 31.6 Å². The van der Waals surface area contributed by atoms with Crippen LogP contribution in [0, 0.1) is 5.82 Å². The lowest BCUT2D eigenvalue weighted by Crippen LogP contribution is -2.32. The third-order valence-corrected chi connectivity index (χ3v) is 4.86. The first-order valence-corrected chi connectivity index (χ1v) is 9.59. The zero-order valence-electron chi connectivity index (χ0n) is 15.8.